The molecule has 1 fully saturated rings. The standard InChI is InChI=1S/C33H38ClN5O7/c1-22-25(20-39(31(22)42)28-12-13-29(40)37-30(28)41)9-6-15-35-32(43)36-26-11-10-24(27(34)19-26)14-17-45-18-16-38(2)33(44)46-21-23-7-4-3-5-8-23/h3-11,19,28H,12-18,20-21H2,1-2H3,(H2,35,36,43)(H,37,40,41)/b9-6+. The number of benzene rings is 2. The van der Waals surface area contributed by atoms with Gasteiger partial charge < -0.3 is 29.9 Å². The van der Waals surface area contributed by atoms with Crippen molar-refractivity contribution in [1.29, 1.82) is 0 Å². The second-order valence-corrected chi connectivity index (χ2v) is 11.3. The van der Waals surface area contributed by atoms with Gasteiger partial charge in [-0.15, -0.1) is 0 Å². The molecule has 6 amide bonds. The Labute approximate surface area is 272 Å². The molecule has 13 heteroatoms. The van der Waals surface area contributed by atoms with E-state index in [2.05, 4.69) is 16.0 Å². The van der Waals surface area contributed by atoms with Crippen LogP contribution in [0, 0.1) is 0 Å². The average Bonchev–Trinajstić information content (AvgIpc) is 3.31. The van der Waals surface area contributed by atoms with Crippen LogP contribution in [0.5, 0.6) is 0 Å². The number of carbonyl (C=O) groups is 5. The maximum atomic E-state index is 12.7. The molecule has 244 valence electrons. The first-order valence-corrected chi connectivity index (χ1v) is 15.3. The van der Waals surface area contributed by atoms with E-state index in [0.29, 0.717) is 48.9 Å². The maximum Gasteiger partial charge on any atom is 0.409 e. The number of anilines is 1. The predicted octanol–water partition coefficient (Wildman–Crippen LogP) is 3.81. The van der Waals surface area contributed by atoms with Crippen molar-refractivity contribution >= 4 is 47.1 Å². The largest absolute Gasteiger partial charge is 0.445 e. The van der Waals surface area contributed by atoms with E-state index in [1.165, 1.54) is 9.80 Å². The lowest BCUT2D eigenvalue weighted by Gasteiger charge is -2.29. The minimum Gasteiger partial charge on any atom is -0.445 e. The van der Waals surface area contributed by atoms with E-state index in [-0.39, 0.29) is 37.9 Å². The molecule has 46 heavy (non-hydrogen) atoms. The average molecular weight is 652 g/mol. The van der Waals surface area contributed by atoms with Crippen LogP contribution in [0.4, 0.5) is 15.3 Å². The van der Waals surface area contributed by atoms with E-state index in [1.807, 2.05) is 36.4 Å². The predicted molar refractivity (Wildman–Crippen MR) is 172 cm³/mol. The number of imide groups is 1. The third-order valence-electron chi connectivity index (χ3n) is 7.60. The minimum absolute atomic E-state index is 0.195. The van der Waals surface area contributed by atoms with Crippen LogP contribution in [-0.4, -0.2) is 85.6 Å². The highest BCUT2D eigenvalue weighted by molar-refractivity contribution is 6.31. The van der Waals surface area contributed by atoms with Crippen LogP contribution < -0.4 is 16.0 Å². The van der Waals surface area contributed by atoms with Crippen molar-refractivity contribution in [3.8, 4) is 0 Å². The molecule has 2 aliphatic heterocycles. The number of hydrogen-bond donors (Lipinski definition) is 3. The molecule has 0 radical (unpaired) electrons. The first-order valence-electron chi connectivity index (χ1n) is 15.0. The third kappa shape index (κ3) is 9.66. The number of amides is 6. The van der Waals surface area contributed by atoms with E-state index < -0.39 is 24.1 Å². The molecule has 1 saturated heterocycles. The monoisotopic (exact) mass is 651 g/mol. The number of carbonyl (C=O) groups excluding carboxylic acids is 5. The molecule has 0 saturated carbocycles. The lowest BCUT2D eigenvalue weighted by Crippen LogP contribution is -2.53. The molecular weight excluding hydrogens is 614 g/mol. The molecule has 0 aromatic heterocycles. The summed E-state index contributed by atoms with van der Waals surface area (Å²) >= 11 is 6.43. The normalized spacial score (nSPS) is 16.5. The highest BCUT2D eigenvalue weighted by Gasteiger charge is 2.38. The quantitative estimate of drug-likeness (QED) is 0.221. The fourth-order valence-corrected chi connectivity index (χ4v) is 5.17. The maximum absolute atomic E-state index is 12.7. The van der Waals surface area contributed by atoms with Gasteiger partial charge in [0.2, 0.25) is 11.8 Å². The summed E-state index contributed by atoms with van der Waals surface area (Å²) in [6.45, 7) is 3.49. The van der Waals surface area contributed by atoms with Crippen molar-refractivity contribution in [3.05, 3.63) is 88.0 Å². The first kappa shape index (κ1) is 34.2. The van der Waals surface area contributed by atoms with Crippen molar-refractivity contribution in [2.24, 2.45) is 0 Å². The van der Waals surface area contributed by atoms with Gasteiger partial charge in [-0.3, -0.25) is 19.7 Å². The number of urea groups is 1. The number of ether oxygens (including phenoxy) is 2. The lowest BCUT2D eigenvalue weighted by atomic mass is 10.0. The van der Waals surface area contributed by atoms with E-state index in [9.17, 15) is 24.0 Å². The topological polar surface area (TPSA) is 146 Å². The zero-order chi connectivity index (χ0) is 33.1. The summed E-state index contributed by atoms with van der Waals surface area (Å²) in [5.74, 6) is -1.03. The van der Waals surface area contributed by atoms with Crippen molar-refractivity contribution < 1.29 is 33.4 Å². The number of rotatable bonds is 13. The summed E-state index contributed by atoms with van der Waals surface area (Å²) in [6.07, 6.45) is 4.10. The molecule has 3 N–H and O–H groups in total. The van der Waals surface area contributed by atoms with Gasteiger partial charge in [-0.25, -0.2) is 9.59 Å². The van der Waals surface area contributed by atoms with Gasteiger partial charge in [-0.1, -0.05) is 60.2 Å². The van der Waals surface area contributed by atoms with E-state index in [0.717, 1.165) is 16.7 Å². The van der Waals surface area contributed by atoms with Gasteiger partial charge in [-0.05, 0) is 48.6 Å². The Kier molecular flexibility index (Phi) is 12.3. The van der Waals surface area contributed by atoms with E-state index in [1.54, 1.807) is 38.3 Å². The number of likely N-dealkylation sites (N-methyl/N-ethyl adjacent to an activating group) is 1. The molecule has 2 aromatic rings. The number of hydrogen-bond acceptors (Lipinski definition) is 7. The SMILES string of the molecule is CC1=C(/C=C/CNC(=O)Nc2ccc(CCOCCN(C)C(=O)OCc3ccccc3)c(Cl)c2)CN(C2CCC(=O)NC2=O)C1=O. The second kappa shape index (κ2) is 16.6. The Morgan fingerprint density at radius 2 is 1.91 bits per heavy atom. The van der Waals surface area contributed by atoms with E-state index >= 15 is 0 Å². The molecule has 1 unspecified atom stereocenters. The lowest BCUT2D eigenvalue weighted by molar-refractivity contribution is -0.142. The number of nitrogens with one attached hydrogen (secondary N) is 3. The second-order valence-electron chi connectivity index (χ2n) is 10.9. The van der Waals surface area contributed by atoms with Crippen LogP contribution in [0.3, 0.4) is 0 Å². The van der Waals surface area contributed by atoms with Crippen LogP contribution in [0.15, 0.2) is 71.8 Å². The molecule has 2 aliphatic rings. The number of piperidine rings is 1. The van der Waals surface area contributed by atoms with Gasteiger partial charge >= 0.3 is 12.1 Å². The minimum atomic E-state index is -0.671. The fraction of sp³-hybridized carbons (Fsp3) is 0.364. The summed E-state index contributed by atoms with van der Waals surface area (Å²) in [5, 5.41) is 8.23. The third-order valence-corrected chi connectivity index (χ3v) is 7.96. The Hall–Kier alpha value is -4.68. The highest BCUT2D eigenvalue weighted by atomic mass is 35.5. The number of nitrogens with zero attached hydrogens (tertiary/aromatic N) is 2. The van der Waals surface area contributed by atoms with Crippen LogP contribution in [-0.2, 0) is 36.9 Å². The van der Waals surface area contributed by atoms with Gasteiger partial charge in [0.1, 0.15) is 12.6 Å². The van der Waals surface area contributed by atoms with Crippen molar-refractivity contribution in [2.75, 3.05) is 45.2 Å². The Morgan fingerprint density at radius 1 is 1.13 bits per heavy atom. The zero-order valence-electron chi connectivity index (χ0n) is 25.8. The van der Waals surface area contributed by atoms with Gasteiger partial charge in [0.25, 0.3) is 5.91 Å². The van der Waals surface area contributed by atoms with Crippen LogP contribution in [0.2, 0.25) is 5.02 Å². The van der Waals surface area contributed by atoms with Gasteiger partial charge in [0.05, 0.1) is 13.2 Å². The highest BCUT2D eigenvalue weighted by Crippen LogP contribution is 2.25. The first-order chi connectivity index (χ1) is 22.1. The molecular formula is C33H38ClN5O7. The Bertz CT molecular complexity index is 1510. The molecule has 0 bridgehead atoms. The van der Waals surface area contributed by atoms with E-state index in [4.69, 9.17) is 21.1 Å². The zero-order valence-corrected chi connectivity index (χ0v) is 26.6. The Balaban J connectivity index is 1.12. The summed E-state index contributed by atoms with van der Waals surface area (Å²) in [6, 6.07) is 13.6. The Morgan fingerprint density at radius 3 is 2.65 bits per heavy atom. The summed E-state index contributed by atoms with van der Waals surface area (Å²) in [4.78, 5) is 63.8. The smallest absolute Gasteiger partial charge is 0.409 e. The molecule has 12 nitrogen and oxygen atoms in total. The van der Waals surface area contributed by atoms with Gasteiger partial charge in [0.15, 0.2) is 0 Å². The molecule has 1 atom stereocenters. The molecule has 2 aromatic carbocycles. The van der Waals surface area contributed by atoms with Crippen LogP contribution >= 0.6 is 11.6 Å². The summed E-state index contributed by atoms with van der Waals surface area (Å²) in [5.41, 5.74) is 3.56. The molecule has 2 heterocycles. The molecule has 0 spiro atoms. The van der Waals surface area contributed by atoms with Crippen LogP contribution in [0.1, 0.15) is 30.9 Å². The number of halogens is 1. The van der Waals surface area contributed by atoms with Crippen molar-refractivity contribution in [1.82, 2.24) is 20.4 Å². The molecule has 4 rings (SSSR count). The van der Waals surface area contributed by atoms with Gasteiger partial charge in [0, 0.05) is 49.4 Å². The van der Waals surface area contributed by atoms with Crippen LogP contribution in [0.25, 0.3) is 0 Å². The van der Waals surface area contributed by atoms with Gasteiger partial charge in [-0.2, -0.15) is 0 Å². The summed E-state index contributed by atoms with van der Waals surface area (Å²) < 4.78 is 11.0. The fourth-order valence-electron chi connectivity index (χ4n) is 4.90. The van der Waals surface area contributed by atoms with Crippen molar-refractivity contribution in [2.45, 2.75) is 38.8 Å². The van der Waals surface area contributed by atoms with Crippen molar-refractivity contribution in [3.63, 3.8) is 0 Å². The summed E-state index contributed by atoms with van der Waals surface area (Å²) in [7, 11) is 1.65. The molecule has 0 aliphatic carbocycles.